The number of carbonyl (C=O) groups is 2. The van der Waals surface area contributed by atoms with Gasteiger partial charge in [0.05, 0.1) is 18.2 Å². The lowest BCUT2D eigenvalue weighted by Crippen LogP contribution is -2.17. The fourth-order valence-electron chi connectivity index (χ4n) is 3.20. The summed E-state index contributed by atoms with van der Waals surface area (Å²) < 4.78 is 12.4. The Bertz CT molecular complexity index is 823. The van der Waals surface area contributed by atoms with Crippen molar-refractivity contribution in [3.05, 3.63) is 52.3 Å². The van der Waals surface area contributed by atoms with Crippen LogP contribution >= 0.6 is 0 Å². The van der Waals surface area contributed by atoms with Gasteiger partial charge in [0, 0.05) is 29.7 Å². The normalized spacial score (nSPS) is 12.0. The lowest BCUT2D eigenvalue weighted by molar-refractivity contribution is 0.0475. The maximum absolute atomic E-state index is 12.5. The predicted molar refractivity (Wildman–Crippen MR) is 101 cm³/mol. The maximum atomic E-state index is 12.5. The molecule has 0 aliphatic carbocycles. The van der Waals surface area contributed by atoms with E-state index in [4.69, 9.17) is 15.2 Å². The van der Waals surface area contributed by atoms with E-state index in [9.17, 15) is 9.59 Å². The topological polar surface area (TPSA) is 83.5 Å². The van der Waals surface area contributed by atoms with E-state index >= 15 is 0 Å². The van der Waals surface area contributed by atoms with Crippen LogP contribution in [0.15, 0.2) is 24.3 Å². The zero-order valence-electron chi connectivity index (χ0n) is 16.0. The number of anilines is 1. The number of carbonyl (C=O) groups excluding carboxylic acids is 2. The number of aryl methyl sites for hydroxylation is 2. The van der Waals surface area contributed by atoms with Crippen LogP contribution in [0.1, 0.15) is 50.6 Å². The minimum Gasteiger partial charge on any atom is -0.454 e. The molecule has 2 aromatic rings. The molecule has 0 fully saturated rings. The summed E-state index contributed by atoms with van der Waals surface area (Å²) in [6, 6.07) is 7.06. The lowest BCUT2D eigenvalue weighted by Gasteiger charge is -2.17. The summed E-state index contributed by atoms with van der Waals surface area (Å²) in [6.07, 6.45) is 0. The number of Topliss-reactive ketones (excluding diaryl/α,β-unsaturated/α-hetero) is 1. The van der Waals surface area contributed by atoms with Crippen LogP contribution in [0, 0.1) is 20.8 Å². The maximum Gasteiger partial charge on any atom is 0.340 e. The van der Waals surface area contributed by atoms with Gasteiger partial charge in [-0.3, -0.25) is 4.79 Å². The molecule has 1 aromatic heterocycles. The molecule has 0 amide bonds. The van der Waals surface area contributed by atoms with Crippen LogP contribution in [0.2, 0.25) is 0 Å². The monoisotopic (exact) mass is 358 g/mol. The predicted octanol–water partition coefficient (Wildman–Crippen LogP) is 3.24. The van der Waals surface area contributed by atoms with Gasteiger partial charge in [0.15, 0.2) is 6.61 Å². The highest BCUT2D eigenvalue weighted by Gasteiger charge is 2.21. The summed E-state index contributed by atoms with van der Waals surface area (Å²) in [6.45, 7) is 7.88. The molecule has 0 spiro atoms. The van der Waals surface area contributed by atoms with Crippen LogP contribution in [0.3, 0.4) is 0 Å². The number of para-hydroxylation sites is 1. The van der Waals surface area contributed by atoms with Gasteiger partial charge in [-0.15, -0.1) is 0 Å². The Morgan fingerprint density at radius 1 is 1.19 bits per heavy atom. The van der Waals surface area contributed by atoms with Gasteiger partial charge in [-0.2, -0.15) is 0 Å². The highest BCUT2D eigenvalue weighted by molar-refractivity contribution is 6.01. The van der Waals surface area contributed by atoms with Crippen molar-refractivity contribution in [1.82, 2.24) is 4.57 Å². The SMILES string of the molecule is COCC(C)n1c(C)cc(C(=O)COC(=O)c2cccc(C)c2N)c1C. The highest BCUT2D eigenvalue weighted by Crippen LogP contribution is 2.22. The first kappa shape index (κ1) is 19.7. The summed E-state index contributed by atoms with van der Waals surface area (Å²) in [4.78, 5) is 24.8. The van der Waals surface area contributed by atoms with Crippen molar-refractivity contribution in [1.29, 1.82) is 0 Å². The number of hydrogen-bond acceptors (Lipinski definition) is 5. The zero-order chi connectivity index (χ0) is 19.4. The molecule has 0 saturated heterocycles. The molecule has 6 nitrogen and oxygen atoms in total. The molecule has 0 aliphatic rings. The minimum atomic E-state index is -0.596. The van der Waals surface area contributed by atoms with E-state index in [1.807, 2.05) is 39.8 Å². The van der Waals surface area contributed by atoms with Gasteiger partial charge in [-0.05, 0) is 45.4 Å². The Balaban J connectivity index is 2.12. The molecule has 1 heterocycles. The molecule has 6 heteroatoms. The van der Waals surface area contributed by atoms with Crippen LogP contribution in [-0.2, 0) is 9.47 Å². The van der Waals surface area contributed by atoms with Crippen molar-refractivity contribution < 1.29 is 19.1 Å². The first-order valence-corrected chi connectivity index (χ1v) is 8.50. The number of methoxy groups -OCH3 is 1. The van der Waals surface area contributed by atoms with Gasteiger partial charge in [0.25, 0.3) is 0 Å². The number of benzene rings is 1. The van der Waals surface area contributed by atoms with E-state index in [-0.39, 0.29) is 24.0 Å². The van der Waals surface area contributed by atoms with Crippen LogP contribution < -0.4 is 5.73 Å². The summed E-state index contributed by atoms with van der Waals surface area (Å²) in [5.41, 5.74) is 9.70. The molecule has 26 heavy (non-hydrogen) atoms. The zero-order valence-corrected chi connectivity index (χ0v) is 16.0. The number of esters is 1. The number of rotatable bonds is 7. The van der Waals surface area contributed by atoms with E-state index in [0.717, 1.165) is 17.0 Å². The third kappa shape index (κ3) is 3.96. The molecule has 0 aliphatic heterocycles. The van der Waals surface area contributed by atoms with E-state index in [1.165, 1.54) is 0 Å². The van der Waals surface area contributed by atoms with Crippen LogP contribution in [0.4, 0.5) is 5.69 Å². The quantitative estimate of drug-likeness (QED) is 0.467. The average molecular weight is 358 g/mol. The number of nitrogens with zero attached hydrogens (tertiary/aromatic N) is 1. The summed E-state index contributed by atoms with van der Waals surface area (Å²) in [7, 11) is 1.65. The molecule has 1 atom stereocenters. The van der Waals surface area contributed by atoms with Crippen molar-refractivity contribution >= 4 is 17.4 Å². The Morgan fingerprint density at radius 3 is 2.54 bits per heavy atom. The Labute approximate surface area is 153 Å². The van der Waals surface area contributed by atoms with Crippen molar-refractivity contribution in [2.45, 2.75) is 33.7 Å². The highest BCUT2D eigenvalue weighted by atomic mass is 16.5. The van der Waals surface area contributed by atoms with Crippen LogP contribution in [0.5, 0.6) is 0 Å². The number of aromatic nitrogens is 1. The Hall–Kier alpha value is -2.60. The van der Waals surface area contributed by atoms with Gasteiger partial charge in [0.1, 0.15) is 0 Å². The lowest BCUT2D eigenvalue weighted by atomic mass is 10.1. The molecule has 0 radical (unpaired) electrons. The van der Waals surface area contributed by atoms with Crippen molar-refractivity contribution in [3.8, 4) is 0 Å². The Morgan fingerprint density at radius 2 is 1.88 bits per heavy atom. The van der Waals surface area contributed by atoms with Gasteiger partial charge in [-0.1, -0.05) is 12.1 Å². The number of ether oxygens (including phenoxy) is 2. The van der Waals surface area contributed by atoms with Gasteiger partial charge in [-0.25, -0.2) is 4.79 Å². The number of nitrogen functional groups attached to an aromatic ring is 1. The average Bonchev–Trinajstić information content (AvgIpc) is 2.89. The van der Waals surface area contributed by atoms with Crippen molar-refractivity contribution in [3.63, 3.8) is 0 Å². The fraction of sp³-hybridized carbons (Fsp3) is 0.400. The number of hydrogen-bond donors (Lipinski definition) is 1. The standard InChI is InChI=1S/C20H26N2O4/c1-12-7-6-8-16(19(12)21)20(24)26-11-18(23)17-9-13(2)22(15(17)4)14(3)10-25-5/h6-9,14H,10-11,21H2,1-5H3. The second kappa shape index (κ2) is 8.19. The molecule has 2 N–H and O–H groups in total. The van der Waals surface area contributed by atoms with E-state index < -0.39 is 5.97 Å². The molecular formula is C20H26N2O4. The first-order valence-electron chi connectivity index (χ1n) is 8.50. The second-order valence-electron chi connectivity index (χ2n) is 6.49. The van der Waals surface area contributed by atoms with Gasteiger partial charge in [0.2, 0.25) is 5.78 Å². The minimum absolute atomic E-state index is 0.108. The molecule has 0 bridgehead atoms. The first-order chi connectivity index (χ1) is 12.3. The summed E-state index contributed by atoms with van der Waals surface area (Å²) in [5.74, 6) is -0.838. The molecular weight excluding hydrogens is 332 g/mol. The third-order valence-corrected chi connectivity index (χ3v) is 4.51. The molecule has 1 aromatic carbocycles. The molecule has 0 saturated carbocycles. The van der Waals surface area contributed by atoms with Crippen molar-refractivity contribution in [2.24, 2.45) is 0 Å². The van der Waals surface area contributed by atoms with E-state index in [2.05, 4.69) is 4.57 Å². The number of nitrogens with two attached hydrogens (primary N) is 1. The summed E-state index contributed by atoms with van der Waals surface area (Å²) in [5, 5.41) is 0. The van der Waals surface area contributed by atoms with Gasteiger partial charge < -0.3 is 19.8 Å². The van der Waals surface area contributed by atoms with Gasteiger partial charge >= 0.3 is 5.97 Å². The van der Waals surface area contributed by atoms with Crippen molar-refractivity contribution in [2.75, 3.05) is 26.1 Å². The largest absolute Gasteiger partial charge is 0.454 e. The molecule has 1 unspecified atom stereocenters. The van der Waals surface area contributed by atoms with E-state index in [0.29, 0.717) is 17.9 Å². The van der Waals surface area contributed by atoms with E-state index in [1.54, 1.807) is 19.2 Å². The molecule has 140 valence electrons. The fourth-order valence-corrected chi connectivity index (χ4v) is 3.20. The smallest absolute Gasteiger partial charge is 0.340 e. The third-order valence-electron chi connectivity index (χ3n) is 4.51. The number of ketones is 1. The Kier molecular flexibility index (Phi) is 6.21. The van der Waals surface area contributed by atoms with Crippen LogP contribution in [-0.4, -0.2) is 36.6 Å². The molecule has 2 rings (SSSR count). The second-order valence-corrected chi connectivity index (χ2v) is 6.49. The van der Waals surface area contributed by atoms with Crippen LogP contribution in [0.25, 0.3) is 0 Å². The summed E-state index contributed by atoms with van der Waals surface area (Å²) >= 11 is 0.